The first kappa shape index (κ1) is 21.7. The molecule has 1 aliphatic rings. The van der Waals surface area contributed by atoms with Gasteiger partial charge in [0.2, 0.25) is 11.8 Å². The predicted molar refractivity (Wildman–Crippen MR) is 98.4 cm³/mol. The Balaban J connectivity index is 1.92. The number of benzene rings is 1. The van der Waals surface area contributed by atoms with Gasteiger partial charge in [0, 0.05) is 39.5 Å². The summed E-state index contributed by atoms with van der Waals surface area (Å²) in [5.74, 6) is -0.785. The summed E-state index contributed by atoms with van der Waals surface area (Å²) in [7, 11) is -4.64. The molecule has 11 nitrogen and oxygen atoms in total. The van der Waals surface area contributed by atoms with Gasteiger partial charge in [-0.2, -0.15) is 0 Å². The molecule has 1 fully saturated rings. The average Bonchev–Trinajstić information content (AvgIpc) is 2.99. The van der Waals surface area contributed by atoms with Crippen LogP contribution >= 0.6 is 7.82 Å². The number of nitrogens with one attached hydrogen (secondary N) is 3. The van der Waals surface area contributed by atoms with E-state index in [0.29, 0.717) is 25.2 Å². The summed E-state index contributed by atoms with van der Waals surface area (Å²) in [5.41, 5.74) is 0.658. The number of urea groups is 1. The number of hydrogen-bond acceptors (Lipinski definition) is 5. The summed E-state index contributed by atoms with van der Waals surface area (Å²) in [5, 5.41) is 7.93. The van der Waals surface area contributed by atoms with Crippen LogP contribution in [0.15, 0.2) is 24.3 Å². The predicted octanol–water partition coefficient (Wildman–Crippen LogP) is -0.653. The molecule has 1 aromatic rings. The van der Waals surface area contributed by atoms with E-state index in [-0.39, 0.29) is 30.7 Å². The molecule has 0 bridgehead atoms. The Labute approximate surface area is 161 Å². The molecule has 4 amide bonds. The molecular weight excluding hydrogens is 391 g/mol. The maximum Gasteiger partial charge on any atom is 0.524 e. The van der Waals surface area contributed by atoms with Gasteiger partial charge in [0.1, 0.15) is 11.8 Å². The monoisotopic (exact) mass is 414 g/mol. The normalized spacial score (nSPS) is 15.0. The molecule has 1 aromatic carbocycles. The van der Waals surface area contributed by atoms with Crippen molar-refractivity contribution in [2.45, 2.75) is 19.4 Å². The maximum absolute atomic E-state index is 12.4. The maximum atomic E-state index is 12.4. The number of nitrogens with zero attached hydrogens (tertiary/aromatic N) is 1. The molecule has 154 valence electrons. The van der Waals surface area contributed by atoms with Crippen LogP contribution in [-0.4, -0.2) is 64.8 Å². The van der Waals surface area contributed by atoms with E-state index in [2.05, 4.69) is 20.5 Å². The van der Waals surface area contributed by atoms with E-state index in [1.54, 1.807) is 17.0 Å². The van der Waals surface area contributed by atoms with Crippen molar-refractivity contribution < 1.29 is 33.3 Å². The lowest BCUT2D eigenvalue weighted by Crippen LogP contribution is -2.49. The van der Waals surface area contributed by atoms with Crippen LogP contribution in [0.25, 0.3) is 0 Å². The van der Waals surface area contributed by atoms with Crippen LogP contribution < -0.4 is 20.5 Å². The Hall–Kier alpha value is -2.62. The first-order valence-electron chi connectivity index (χ1n) is 8.56. The fourth-order valence-electron chi connectivity index (χ4n) is 2.68. The Morgan fingerprint density at radius 3 is 2.54 bits per heavy atom. The molecule has 0 unspecified atom stereocenters. The summed E-state index contributed by atoms with van der Waals surface area (Å²) in [6, 6.07) is 4.80. The Bertz CT molecular complexity index is 765. The van der Waals surface area contributed by atoms with Crippen molar-refractivity contribution in [1.29, 1.82) is 0 Å². The molecule has 28 heavy (non-hydrogen) atoms. The van der Waals surface area contributed by atoms with Crippen molar-refractivity contribution in [3.8, 4) is 5.75 Å². The van der Waals surface area contributed by atoms with Gasteiger partial charge in [-0.15, -0.1) is 0 Å². The topological polar surface area (TPSA) is 157 Å². The van der Waals surface area contributed by atoms with Crippen molar-refractivity contribution in [2.24, 2.45) is 0 Å². The fourth-order valence-corrected chi connectivity index (χ4v) is 3.07. The second kappa shape index (κ2) is 9.54. The smallest absolute Gasteiger partial charge is 0.404 e. The quantitative estimate of drug-likeness (QED) is 0.336. The third-order valence-corrected chi connectivity index (χ3v) is 4.36. The molecule has 0 spiro atoms. The molecule has 0 radical (unpaired) electrons. The number of amides is 4. The van der Waals surface area contributed by atoms with E-state index in [1.165, 1.54) is 19.1 Å². The highest BCUT2D eigenvalue weighted by Crippen LogP contribution is 2.37. The van der Waals surface area contributed by atoms with Crippen LogP contribution in [-0.2, 0) is 20.6 Å². The standard InChI is InChI=1S/C16H23N4O7P/c1-11(21)19-14(15(22)17-6-8-20-9-7-18-16(20)23)10-12-2-4-13(5-3-12)27-28(24,25)26/h2-5,14H,6-10H2,1H3,(H,17,22)(H,18,23)(H,19,21)(H2,24,25,26)/t14-/m0/s1. The lowest BCUT2D eigenvalue weighted by atomic mass is 10.0. The number of hydrogen-bond donors (Lipinski definition) is 5. The number of carbonyl (C=O) groups excluding carboxylic acids is 3. The molecule has 0 aliphatic carbocycles. The van der Waals surface area contributed by atoms with Gasteiger partial charge in [0.05, 0.1) is 0 Å². The van der Waals surface area contributed by atoms with Gasteiger partial charge in [-0.05, 0) is 17.7 Å². The zero-order chi connectivity index (χ0) is 20.7. The van der Waals surface area contributed by atoms with Crippen molar-refractivity contribution in [3.63, 3.8) is 0 Å². The van der Waals surface area contributed by atoms with Crippen molar-refractivity contribution >= 4 is 25.7 Å². The third-order valence-electron chi connectivity index (χ3n) is 3.91. The highest BCUT2D eigenvalue weighted by molar-refractivity contribution is 7.46. The van der Waals surface area contributed by atoms with Crippen molar-refractivity contribution in [3.05, 3.63) is 29.8 Å². The molecular formula is C16H23N4O7P. The fraction of sp³-hybridized carbons (Fsp3) is 0.438. The van der Waals surface area contributed by atoms with Crippen molar-refractivity contribution in [2.75, 3.05) is 26.2 Å². The summed E-state index contributed by atoms with van der Waals surface area (Å²) in [6.45, 7) is 3.05. The van der Waals surface area contributed by atoms with Gasteiger partial charge in [-0.25, -0.2) is 9.36 Å². The van der Waals surface area contributed by atoms with Gasteiger partial charge < -0.3 is 25.4 Å². The number of rotatable bonds is 9. The molecule has 0 aromatic heterocycles. The van der Waals surface area contributed by atoms with E-state index in [4.69, 9.17) is 9.79 Å². The zero-order valence-corrected chi connectivity index (χ0v) is 16.1. The summed E-state index contributed by atoms with van der Waals surface area (Å²) >= 11 is 0. The lowest BCUT2D eigenvalue weighted by molar-refractivity contribution is -0.128. The van der Waals surface area contributed by atoms with E-state index >= 15 is 0 Å². The van der Waals surface area contributed by atoms with Crippen LogP contribution in [0.3, 0.4) is 0 Å². The van der Waals surface area contributed by atoms with E-state index < -0.39 is 19.8 Å². The molecule has 12 heteroatoms. The van der Waals surface area contributed by atoms with Crippen LogP contribution in [0.4, 0.5) is 4.79 Å². The van der Waals surface area contributed by atoms with Crippen LogP contribution in [0.1, 0.15) is 12.5 Å². The molecule has 1 atom stereocenters. The first-order valence-corrected chi connectivity index (χ1v) is 10.1. The zero-order valence-electron chi connectivity index (χ0n) is 15.3. The molecule has 0 saturated carbocycles. The van der Waals surface area contributed by atoms with Gasteiger partial charge in [-0.1, -0.05) is 12.1 Å². The van der Waals surface area contributed by atoms with Crippen LogP contribution in [0.2, 0.25) is 0 Å². The third kappa shape index (κ3) is 7.18. The second-order valence-electron chi connectivity index (χ2n) is 6.19. The second-order valence-corrected chi connectivity index (χ2v) is 7.36. The lowest BCUT2D eigenvalue weighted by Gasteiger charge is -2.19. The Morgan fingerprint density at radius 2 is 2.00 bits per heavy atom. The van der Waals surface area contributed by atoms with Crippen molar-refractivity contribution in [1.82, 2.24) is 20.9 Å². The highest BCUT2D eigenvalue weighted by atomic mass is 31.2. The van der Waals surface area contributed by atoms with Gasteiger partial charge in [0.25, 0.3) is 0 Å². The molecule has 1 aliphatic heterocycles. The van der Waals surface area contributed by atoms with Gasteiger partial charge >= 0.3 is 13.9 Å². The van der Waals surface area contributed by atoms with Crippen LogP contribution in [0, 0.1) is 0 Å². The molecule has 5 N–H and O–H groups in total. The molecule has 2 rings (SSSR count). The largest absolute Gasteiger partial charge is 0.524 e. The van der Waals surface area contributed by atoms with E-state index in [9.17, 15) is 18.9 Å². The molecule has 1 saturated heterocycles. The molecule has 1 heterocycles. The summed E-state index contributed by atoms with van der Waals surface area (Å²) < 4.78 is 15.3. The highest BCUT2D eigenvalue weighted by Gasteiger charge is 2.22. The first-order chi connectivity index (χ1) is 13.1. The SMILES string of the molecule is CC(=O)N[C@@H](Cc1ccc(OP(=O)(O)O)cc1)C(=O)NCCN1CCNC1=O. The summed E-state index contributed by atoms with van der Waals surface area (Å²) in [6.07, 6.45) is 0.172. The minimum Gasteiger partial charge on any atom is -0.404 e. The Kier molecular flexibility index (Phi) is 7.38. The van der Waals surface area contributed by atoms with Gasteiger partial charge in [0.15, 0.2) is 0 Å². The Morgan fingerprint density at radius 1 is 1.32 bits per heavy atom. The number of carbonyl (C=O) groups is 3. The minimum absolute atomic E-state index is 0.0125. The van der Waals surface area contributed by atoms with Gasteiger partial charge in [-0.3, -0.25) is 19.4 Å². The summed E-state index contributed by atoms with van der Waals surface area (Å²) in [4.78, 5) is 54.5. The number of phosphoric acid groups is 1. The van der Waals surface area contributed by atoms with E-state index in [0.717, 1.165) is 0 Å². The average molecular weight is 414 g/mol. The van der Waals surface area contributed by atoms with E-state index in [1.807, 2.05) is 0 Å². The minimum atomic E-state index is -4.64. The van der Waals surface area contributed by atoms with Crippen LogP contribution in [0.5, 0.6) is 5.75 Å². The number of phosphoric ester groups is 1.